The summed E-state index contributed by atoms with van der Waals surface area (Å²) in [4.78, 5) is 8.82. The van der Waals surface area contributed by atoms with E-state index in [2.05, 4.69) is 34.4 Å². The molecule has 2 rings (SSSR count). The van der Waals surface area contributed by atoms with Crippen molar-refractivity contribution >= 4 is 11.6 Å². The van der Waals surface area contributed by atoms with Gasteiger partial charge in [-0.1, -0.05) is 26.7 Å². The van der Waals surface area contributed by atoms with Crippen molar-refractivity contribution in [3.63, 3.8) is 0 Å². The van der Waals surface area contributed by atoms with E-state index in [4.69, 9.17) is 0 Å². The van der Waals surface area contributed by atoms with Crippen LogP contribution in [0.25, 0.3) is 0 Å². The maximum atomic E-state index is 4.57. The van der Waals surface area contributed by atoms with Crippen molar-refractivity contribution in [2.75, 3.05) is 17.2 Å². The lowest BCUT2D eigenvalue weighted by molar-refractivity contribution is 0.502. The first-order valence-corrected chi connectivity index (χ1v) is 7.60. The van der Waals surface area contributed by atoms with Crippen LogP contribution in [0.15, 0.2) is 12.4 Å². The molecule has 1 saturated carbocycles. The molecule has 4 nitrogen and oxygen atoms in total. The fraction of sp³-hybridized carbons (Fsp3) is 0.733. The van der Waals surface area contributed by atoms with Crippen LogP contribution in [0.5, 0.6) is 0 Å². The van der Waals surface area contributed by atoms with Gasteiger partial charge in [0.05, 0.1) is 12.4 Å². The Morgan fingerprint density at radius 3 is 2.84 bits per heavy atom. The van der Waals surface area contributed by atoms with Crippen molar-refractivity contribution in [3.8, 4) is 0 Å². The van der Waals surface area contributed by atoms with Gasteiger partial charge in [-0.05, 0) is 31.6 Å². The average molecular weight is 262 g/mol. The van der Waals surface area contributed by atoms with Crippen LogP contribution in [0.4, 0.5) is 11.6 Å². The van der Waals surface area contributed by atoms with E-state index >= 15 is 0 Å². The van der Waals surface area contributed by atoms with Gasteiger partial charge in [-0.2, -0.15) is 0 Å². The van der Waals surface area contributed by atoms with Crippen molar-refractivity contribution in [2.24, 2.45) is 5.92 Å². The first-order chi connectivity index (χ1) is 9.28. The van der Waals surface area contributed by atoms with Gasteiger partial charge in [-0.3, -0.25) is 4.98 Å². The van der Waals surface area contributed by atoms with E-state index in [-0.39, 0.29) is 0 Å². The van der Waals surface area contributed by atoms with E-state index in [1.165, 1.54) is 32.1 Å². The summed E-state index contributed by atoms with van der Waals surface area (Å²) in [6.07, 6.45) is 11.2. The zero-order valence-corrected chi connectivity index (χ0v) is 12.2. The maximum Gasteiger partial charge on any atom is 0.147 e. The predicted octanol–water partition coefficient (Wildman–Crippen LogP) is 3.68. The lowest BCUT2D eigenvalue weighted by atomic mass is 10.0. The molecule has 2 unspecified atom stereocenters. The molecule has 1 heterocycles. The molecular formula is C15H26N4. The smallest absolute Gasteiger partial charge is 0.147 e. The fourth-order valence-corrected chi connectivity index (χ4v) is 2.61. The number of hydrogen-bond donors (Lipinski definition) is 2. The first-order valence-electron chi connectivity index (χ1n) is 7.60. The number of aromatic nitrogens is 2. The Hall–Kier alpha value is -1.32. The highest BCUT2D eigenvalue weighted by Crippen LogP contribution is 2.24. The van der Waals surface area contributed by atoms with Crippen LogP contribution in [0, 0.1) is 5.92 Å². The minimum atomic E-state index is 0.556. The van der Waals surface area contributed by atoms with Crippen molar-refractivity contribution in [3.05, 3.63) is 12.4 Å². The molecule has 0 radical (unpaired) electrons. The first kappa shape index (κ1) is 14.1. The van der Waals surface area contributed by atoms with Crippen molar-refractivity contribution in [2.45, 2.75) is 58.4 Å². The van der Waals surface area contributed by atoms with Gasteiger partial charge < -0.3 is 10.6 Å². The molecule has 0 amide bonds. The fourth-order valence-electron chi connectivity index (χ4n) is 2.61. The van der Waals surface area contributed by atoms with Gasteiger partial charge in [0.25, 0.3) is 0 Å². The maximum absolute atomic E-state index is 4.57. The standard InChI is InChI=1S/C15H26N4/c1-3-9-17-14-10-16-11-15(19-14)18-13-6-4-5-12(2)7-8-13/h10-13H,3-9H2,1-2H3,(H2,17,18,19). The molecule has 1 aromatic rings. The van der Waals surface area contributed by atoms with Gasteiger partial charge in [-0.15, -0.1) is 0 Å². The Bertz CT molecular complexity index is 380. The van der Waals surface area contributed by atoms with Crippen LogP contribution in [-0.4, -0.2) is 22.6 Å². The molecule has 0 saturated heterocycles. The van der Waals surface area contributed by atoms with Gasteiger partial charge in [0, 0.05) is 12.6 Å². The summed E-state index contributed by atoms with van der Waals surface area (Å²) in [5.74, 6) is 2.64. The Morgan fingerprint density at radius 1 is 1.16 bits per heavy atom. The lowest BCUT2D eigenvalue weighted by Gasteiger charge is -2.17. The zero-order chi connectivity index (χ0) is 13.5. The van der Waals surface area contributed by atoms with E-state index < -0.39 is 0 Å². The Morgan fingerprint density at radius 2 is 2.00 bits per heavy atom. The molecular weight excluding hydrogens is 236 g/mol. The zero-order valence-electron chi connectivity index (χ0n) is 12.2. The van der Waals surface area contributed by atoms with Crippen LogP contribution in [0.2, 0.25) is 0 Å². The van der Waals surface area contributed by atoms with Crippen LogP contribution >= 0.6 is 0 Å². The summed E-state index contributed by atoms with van der Waals surface area (Å²) in [7, 11) is 0. The molecule has 1 aliphatic carbocycles. The number of hydrogen-bond acceptors (Lipinski definition) is 4. The molecule has 0 spiro atoms. The highest BCUT2D eigenvalue weighted by molar-refractivity contribution is 5.42. The summed E-state index contributed by atoms with van der Waals surface area (Å²) in [5.41, 5.74) is 0. The lowest BCUT2D eigenvalue weighted by Crippen LogP contribution is -2.19. The van der Waals surface area contributed by atoms with Gasteiger partial charge in [0.15, 0.2) is 0 Å². The van der Waals surface area contributed by atoms with Crippen LogP contribution in [0.1, 0.15) is 52.4 Å². The van der Waals surface area contributed by atoms with Gasteiger partial charge in [0.2, 0.25) is 0 Å². The number of anilines is 2. The third-order valence-electron chi connectivity index (χ3n) is 3.80. The second kappa shape index (κ2) is 7.31. The number of nitrogens with one attached hydrogen (secondary N) is 2. The number of rotatable bonds is 5. The summed E-state index contributed by atoms with van der Waals surface area (Å²) in [6, 6.07) is 0.556. The SMILES string of the molecule is CCCNc1cncc(NC2CCCC(C)CC2)n1. The molecule has 19 heavy (non-hydrogen) atoms. The van der Waals surface area contributed by atoms with E-state index in [9.17, 15) is 0 Å². The van der Waals surface area contributed by atoms with Crippen LogP contribution in [-0.2, 0) is 0 Å². The predicted molar refractivity (Wildman–Crippen MR) is 80.5 cm³/mol. The van der Waals surface area contributed by atoms with E-state index in [1.807, 2.05) is 6.20 Å². The van der Waals surface area contributed by atoms with Crippen molar-refractivity contribution in [1.82, 2.24) is 9.97 Å². The normalized spacial score (nSPS) is 23.7. The topological polar surface area (TPSA) is 49.8 Å². The Kier molecular flexibility index (Phi) is 5.43. The molecule has 1 aromatic heterocycles. The Labute approximate surface area is 116 Å². The minimum Gasteiger partial charge on any atom is -0.369 e. The van der Waals surface area contributed by atoms with E-state index in [0.29, 0.717) is 6.04 Å². The van der Waals surface area contributed by atoms with Crippen LogP contribution in [0.3, 0.4) is 0 Å². The summed E-state index contributed by atoms with van der Waals surface area (Å²) in [5, 5.41) is 6.82. The average Bonchev–Trinajstić information content (AvgIpc) is 2.62. The highest BCUT2D eigenvalue weighted by Gasteiger charge is 2.16. The molecule has 0 aromatic carbocycles. The molecule has 0 aliphatic heterocycles. The minimum absolute atomic E-state index is 0.556. The quantitative estimate of drug-likeness (QED) is 0.795. The largest absolute Gasteiger partial charge is 0.369 e. The molecule has 106 valence electrons. The van der Waals surface area contributed by atoms with Crippen molar-refractivity contribution < 1.29 is 0 Å². The second-order valence-electron chi connectivity index (χ2n) is 5.67. The van der Waals surface area contributed by atoms with Gasteiger partial charge >= 0.3 is 0 Å². The summed E-state index contributed by atoms with van der Waals surface area (Å²) < 4.78 is 0. The third-order valence-corrected chi connectivity index (χ3v) is 3.80. The van der Waals surface area contributed by atoms with Gasteiger partial charge in [-0.25, -0.2) is 4.98 Å². The monoisotopic (exact) mass is 262 g/mol. The van der Waals surface area contributed by atoms with Gasteiger partial charge in [0.1, 0.15) is 11.6 Å². The summed E-state index contributed by atoms with van der Waals surface area (Å²) >= 11 is 0. The highest BCUT2D eigenvalue weighted by atomic mass is 15.1. The van der Waals surface area contributed by atoms with Crippen LogP contribution < -0.4 is 10.6 Å². The molecule has 1 fully saturated rings. The second-order valence-corrected chi connectivity index (χ2v) is 5.67. The molecule has 2 atom stereocenters. The Balaban J connectivity index is 1.90. The van der Waals surface area contributed by atoms with E-state index in [0.717, 1.165) is 30.5 Å². The molecule has 2 N–H and O–H groups in total. The summed E-state index contributed by atoms with van der Waals surface area (Å²) in [6.45, 7) is 5.45. The molecule has 0 bridgehead atoms. The van der Waals surface area contributed by atoms with Crippen molar-refractivity contribution in [1.29, 1.82) is 0 Å². The third kappa shape index (κ3) is 4.69. The molecule has 4 heteroatoms. The molecule has 1 aliphatic rings. The number of nitrogens with zero attached hydrogens (tertiary/aromatic N) is 2. The van der Waals surface area contributed by atoms with E-state index in [1.54, 1.807) is 6.20 Å².